The first kappa shape index (κ1) is 20.1. The standard InChI is InChI=1S/C23H27NO4/c1-16(2)24-21(26)14-23(22(24)27,13-17(3)25)19-9-11-20(12-10-19)28-15-18-7-5-4-6-8-18/h4-12,16,21,26H,13-15H2,1-3H3. The summed E-state index contributed by atoms with van der Waals surface area (Å²) < 4.78 is 5.82. The number of nitrogens with zero attached hydrogens (tertiary/aromatic N) is 1. The van der Waals surface area contributed by atoms with Gasteiger partial charge in [-0.3, -0.25) is 9.59 Å². The molecule has 0 spiro atoms. The quantitative estimate of drug-likeness (QED) is 0.798. The molecular formula is C23H27NO4. The van der Waals surface area contributed by atoms with Crippen LogP contribution in [0.1, 0.15) is 44.7 Å². The van der Waals surface area contributed by atoms with Gasteiger partial charge in [-0.25, -0.2) is 0 Å². The van der Waals surface area contributed by atoms with Crippen molar-refractivity contribution in [2.24, 2.45) is 0 Å². The second kappa shape index (κ2) is 8.15. The van der Waals surface area contributed by atoms with Gasteiger partial charge in [-0.05, 0) is 44.0 Å². The average molecular weight is 381 g/mol. The maximum absolute atomic E-state index is 13.2. The molecule has 28 heavy (non-hydrogen) atoms. The SMILES string of the molecule is CC(=O)CC1(c2ccc(OCc3ccccc3)cc2)CC(O)N(C(C)C)C1=O. The molecule has 3 rings (SSSR count). The third-order valence-electron chi connectivity index (χ3n) is 5.26. The fraction of sp³-hybridized carbons (Fsp3) is 0.391. The number of hydrogen-bond acceptors (Lipinski definition) is 4. The van der Waals surface area contributed by atoms with Crippen molar-refractivity contribution < 1.29 is 19.4 Å². The van der Waals surface area contributed by atoms with E-state index in [1.807, 2.05) is 68.4 Å². The number of amides is 1. The van der Waals surface area contributed by atoms with E-state index in [0.717, 1.165) is 11.1 Å². The summed E-state index contributed by atoms with van der Waals surface area (Å²) in [5.41, 5.74) is 0.788. The molecule has 148 valence electrons. The number of benzene rings is 2. The molecule has 2 aromatic rings. The lowest BCUT2D eigenvalue weighted by Crippen LogP contribution is -2.43. The first-order valence-corrected chi connectivity index (χ1v) is 9.61. The van der Waals surface area contributed by atoms with E-state index in [2.05, 4.69) is 0 Å². The van der Waals surface area contributed by atoms with Gasteiger partial charge in [-0.1, -0.05) is 42.5 Å². The van der Waals surface area contributed by atoms with Gasteiger partial charge in [0.2, 0.25) is 5.91 Å². The Morgan fingerprint density at radius 3 is 2.36 bits per heavy atom. The first-order chi connectivity index (χ1) is 13.3. The summed E-state index contributed by atoms with van der Waals surface area (Å²) in [7, 11) is 0. The Balaban J connectivity index is 1.84. The van der Waals surface area contributed by atoms with Gasteiger partial charge < -0.3 is 14.7 Å². The lowest BCUT2D eigenvalue weighted by atomic mass is 9.75. The molecule has 1 saturated heterocycles. The van der Waals surface area contributed by atoms with Crippen molar-refractivity contribution in [3.8, 4) is 5.75 Å². The molecule has 0 aromatic heterocycles. The first-order valence-electron chi connectivity index (χ1n) is 9.61. The average Bonchev–Trinajstić information content (AvgIpc) is 2.91. The number of Topliss-reactive ketones (excluding diaryl/α,β-unsaturated/α-hetero) is 1. The summed E-state index contributed by atoms with van der Waals surface area (Å²) in [4.78, 5) is 26.6. The summed E-state index contributed by atoms with van der Waals surface area (Å²) in [6.45, 7) is 5.67. The van der Waals surface area contributed by atoms with E-state index in [0.29, 0.717) is 12.4 Å². The zero-order valence-electron chi connectivity index (χ0n) is 16.6. The molecule has 5 heteroatoms. The van der Waals surface area contributed by atoms with Crippen LogP contribution in [0.5, 0.6) is 5.75 Å². The zero-order chi connectivity index (χ0) is 20.3. The van der Waals surface area contributed by atoms with E-state index >= 15 is 0 Å². The topological polar surface area (TPSA) is 66.8 Å². The van der Waals surface area contributed by atoms with Crippen LogP contribution in [0.4, 0.5) is 0 Å². The fourth-order valence-corrected chi connectivity index (χ4v) is 3.99. The van der Waals surface area contributed by atoms with Crippen LogP contribution < -0.4 is 4.74 Å². The lowest BCUT2D eigenvalue weighted by Gasteiger charge is -2.29. The predicted molar refractivity (Wildman–Crippen MR) is 107 cm³/mol. The predicted octanol–water partition coefficient (Wildman–Crippen LogP) is 3.44. The van der Waals surface area contributed by atoms with E-state index in [1.54, 1.807) is 0 Å². The highest BCUT2D eigenvalue weighted by Crippen LogP contribution is 2.43. The van der Waals surface area contributed by atoms with Crippen molar-refractivity contribution in [2.75, 3.05) is 0 Å². The van der Waals surface area contributed by atoms with E-state index < -0.39 is 11.6 Å². The summed E-state index contributed by atoms with van der Waals surface area (Å²) >= 11 is 0. The minimum atomic E-state index is -1.02. The van der Waals surface area contributed by atoms with Gasteiger partial charge in [0.1, 0.15) is 24.4 Å². The highest BCUT2D eigenvalue weighted by Gasteiger charge is 2.53. The van der Waals surface area contributed by atoms with Gasteiger partial charge in [0.05, 0.1) is 5.41 Å². The largest absolute Gasteiger partial charge is 0.489 e. The summed E-state index contributed by atoms with van der Waals surface area (Å²) in [5, 5.41) is 10.5. The van der Waals surface area contributed by atoms with Gasteiger partial charge in [0.25, 0.3) is 0 Å². The Labute approximate surface area is 165 Å². The molecule has 1 aliphatic rings. The van der Waals surface area contributed by atoms with Crippen molar-refractivity contribution in [1.82, 2.24) is 4.90 Å². The number of ketones is 1. The highest BCUT2D eigenvalue weighted by molar-refractivity contribution is 5.95. The molecule has 1 aliphatic heterocycles. The van der Waals surface area contributed by atoms with Crippen LogP contribution >= 0.6 is 0 Å². The van der Waals surface area contributed by atoms with E-state index in [4.69, 9.17) is 4.74 Å². The Bertz CT molecular complexity index is 831. The number of hydrogen-bond donors (Lipinski definition) is 1. The molecule has 1 fully saturated rings. The maximum Gasteiger partial charge on any atom is 0.236 e. The Morgan fingerprint density at radius 1 is 1.18 bits per heavy atom. The minimum absolute atomic E-state index is 0.0736. The number of rotatable bonds is 7. The Hall–Kier alpha value is -2.66. The molecule has 2 atom stereocenters. The molecule has 5 nitrogen and oxygen atoms in total. The van der Waals surface area contributed by atoms with Crippen molar-refractivity contribution in [1.29, 1.82) is 0 Å². The highest BCUT2D eigenvalue weighted by atomic mass is 16.5. The number of aliphatic hydroxyl groups is 1. The van der Waals surface area contributed by atoms with E-state index in [1.165, 1.54) is 11.8 Å². The third-order valence-corrected chi connectivity index (χ3v) is 5.26. The number of likely N-dealkylation sites (tertiary alicyclic amines) is 1. The van der Waals surface area contributed by atoms with Gasteiger partial charge in [-0.2, -0.15) is 0 Å². The fourth-order valence-electron chi connectivity index (χ4n) is 3.99. The molecule has 0 aliphatic carbocycles. The number of ether oxygens (including phenoxy) is 1. The molecular weight excluding hydrogens is 354 g/mol. The van der Waals surface area contributed by atoms with Gasteiger partial charge in [-0.15, -0.1) is 0 Å². The molecule has 0 saturated carbocycles. The van der Waals surface area contributed by atoms with E-state index in [-0.39, 0.29) is 30.6 Å². The second-order valence-electron chi connectivity index (χ2n) is 7.75. The molecule has 0 bridgehead atoms. The van der Waals surface area contributed by atoms with Crippen molar-refractivity contribution in [3.63, 3.8) is 0 Å². The monoisotopic (exact) mass is 381 g/mol. The van der Waals surface area contributed by atoms with Gasteiger partial charge in [0.15, 0.2) is 0 Å². The van der Waals surface area contributed by atoms with Crippen LogP contribution in [-0.4, -0.2) is 34.0 Å². The number of aliphatic hydroxyl groups excluding tert-OH is 1. The zero-order valence-corrected chi connectivity index (χ0v) is 16.6. The Morgan fingerprint density at radius 2 is 1.82 bits per heavy atom. The van der Waals surface area contributed by atoms with Crippen LogP contribution in [0.25, 0.3) is 0 Å². The molecule has 2 unspecified atom stereocenters. The van der Waals surface area contributed by atoms with Crippen LogP contribution in [-0.2, 0) is 21.6 Å². The maximum atomic E-state index is 13.2. The Kier molecular flexibility index (Phi) is 5.84. The number of carbonyl (C=O) groups is 2. The summed E-state index contributed by atoms with van der Waals surface area (Å²) in [5.74, 6) is 0.427. The van der Waals surface area contributed by atoms with Crippen molar-refractivity contribution in [3.05, 3.63) is 65.7 Å². The molecule has 1 N–H and O–H groups in total. The van der Waals surface area contributed by atoms with Crippen LogP contribution in [0.3, 0.4) is 0 Å². The van der Waals surface area contributed by atoms with Gasteiger partial charge >= 0.3 is 0 Å². The minimum Gasteiger partial charge on any atom is -0.489 e. The van der Waals surface area contributed by atoms with Crippen molar-refractivity contribution >= 4 is 11.7 Å². The van der Waals surface area contributed by atoms with Gasteiger partial charge in [0, 0.05) is 18.9 Å². The van der Waals surface area contributed by atoms with Crippen LogP contribution in [0.15, 0.2) is 54.6 Å². The van der Waals surface area contributed by atoms with Crippen LogP contribution in [0.2, 0.25) is 0 Å². The molecule has 1 amide bonds. The number of carbonyl (C=O) groups excluding carboxylic acids is 2. The van der Waals surface area contributed by atoms with Crippen molar-refractivity contribution in [2.45, 2.75) is 57.9 Å². The summed E-state index contributed by atoms with van der Waals surface area (Å²) in [6, 6.07) is 17.0. The summed E-state index contributed by atoms with van der Waals surface area (Å²) in [6.07, 6.45) is -0.592. The smallest absolute Gasteiger partial charge is 0.236 e. The lowest BCUT2D eigenvalue weighted by molar-refractivity contribution is -0.140. The third kappa shape index (κ3) is 3.94. The van der Waals surface area contributed by atoms with E-state index in [9.17, 15) is 14.7 Å². The normalized spacial score (nSPS) is 22.0. The molecule has 0 radical (unpaired) electrons. The molecule has 1 heterocycles. The van der Waals surface area contributed by atoms with Crippen LogP contribution in [0, 0.1) is 0 Å². The molecule has 2 aromatic carbocycles. The second-order valence-corrected chi connectivity index (χ2v) is 7.75.